The number of rotatable bonds is 7. The SMILES string of the molecule is CC(NC(=O)[C@@H](N)CCCCN)c1ccccc1. The summed E-state index contributed by atoms with van der Waals surface area (Å²) < 4.78 is 0. The average Bonchev–Trinajstić information content (AvgIpc) is 2.39. The zero-order chi connectivity index (χ0) is 13.4. The van der Waals surface area contributed by atoms with E-state index in [4.69, 9.17) is 11.5 Å². The summed E-state index contributed by atoms with van der Waals surface area (Å²) in [5, 5.41) is 2.93. The van der Waals surface area contributed by atoms with Gasteiger partial charge in [-0.2, -0.15) is 0 Å². The van der Waals surface area contributed by atoms with Crippen LogP contribution < -0.4 is 16.8 Å². The zero-order valence-corrected chi connectivity index (χ0v) is 10.9. The van der Waals surface area contributed by atoms with Gasteiger partial charge in [0.1, 0.15) is 0 Å². The molecule has 0 bridgehead atoms. The summed E-state index contributed by atoms with van der Waals surface area (Å²) in [6.45, 7) is 2.61. The first-order chi connectivity index (χ1) is 8.65. The Morgan fingerprint density at radius 1 is 1.28 bits per heavy atom. The molecule has 1 unspecified atom stereocenters. The Labute approximate surface area is 109 Å². The summed E-state index contributed by atoms with van der Waals surface area (Å²) in [7, 11) is 0. The molecule has 0 radical (unpaired) electrons. The topological polar surface area (TPSA) is 81.1 Å². The van der Waals surface area contributed by atoms with E-state index in [1.807, 2.05) is 37.3 Å². The fraction of sp³-hybridized carbons (Fsp3) is 0.500. The van der Waals surface area contributed by atoms with E-state index in [0.717, 1.165) is 18.4 Å². The Bertz CT molecular complexity index is 353. The van der Waals surface area contributed by atoms with Crippen molar-refractivity contribution in [1.29, 1.82) is 0 Å². The number of benzene rings is 1. The smallest absolute Gasteiger partial charge is 0.237 e. The average molecular weight is 249 g/mol. The first-order valence-corrected chi connectivity index (χ1v) is 6.46. The van der Waals surface area contributed by atoms with Gasteiger partial charge in [0, 0.05) is 0 Å². The lowest BCUT2D eigenvalue weighted by atomic mass is 10.1. The number of hydrogen-bond donors (Lipinski definition) is 3. The molecule has 0 aliphatic rings. The minimum absolute atomic E-state index is 0.0146. The molecule has 4 nitrogen and oxygen atoms in total. The summed E-state index contributed by atoms with van der Waals surface area (Å²) in [4.78, 5) is 11.9. The molecule has 0 spiro atoms. The third kappa shape index (κ3) is 4.85. The zero-order valence-electron chi connectivity index (χ0n) is 10.9. The van der Waals surface area contributed by atoms with E-state index in [0.29, 0.717) is 13.0 Å². The van der Waals surface area contributed by atoms with Gasteiger partial charge >= 0.3 is 0 Å². The van der Waals surface area contributed by atoms with Crippen molar-refractivity contribution >= 4 is 5.91 Å². The Morgan fingerprint density at radius 3 is 2.56 bits per heavy atom. The molecule has 1 aromatic rings. The van der Waals surface area contributed by atoms with E-state index in [-0.39, 0.29) is 11.9 Å². The molecule has 0 heterocycles. The lowest BCUT2D eigenvalue weighted by molar-refractivity contribution is -0.123. The highest BCUT2D eigenvalue weighted by atomic mass is 16.2. The molecule has 18 heavy (non-hydrogen) atoms. The summed E-state index contributed by atoms with van der Waals surface area (Å²) in [6.07, 6.45) is 2.49. The number of nitrogens with one attached hydrogen (secondary N) is 1. The minimum atomic E-state index is -0.442. The number of unbranched alkanes of at least 4 members (excludes halogenated alkanes) is 1. The van der Waals surface area contributed by atoms with Crippen molar-refractivity contribution in [2.45, 2.75) is 38.3 Å². The third-order valence-electron chi connectivity index (χ3n) is 2.96. The number of carbonyl (C=O) groups is 1. The molecule has 5 N–H and O–H groups in total. The number of carbonyl (C=O) groups excluding carboxylic acids is 1. The van der Waals surface area contributed by atoms with E-state index in [9.17, 15) is 4.79 Å². The molecule has 0 saturated carbocycles. The van der Waals surface area contributed by atoms with Gasteiger partial charge in [0.2, 0.25) is 5.91 Å². The second kappa shape index (κ2) is 7.84. The van der Waals surface area contributed by atoms with Crippen LogP contribution in [0.15, 0.2) is 30.3 Å². The molecule has 1 amide bonds. The summed E-state index contributed by atoms with van der Waals surface area (Å²) in [5.74, 6) is -0.0941. The Morgan fingerprint density at radius 2 is 1.94 bits per heavy atom. The van der Waals surface area contributed by atoms with E-state index < -0.39 is 6.04 Å². The van der Waals surface area contributed by atoms with E-state index in [1.54, 1.807) is 0 Å². The van der Waals surface area contributed by atoms with Gasteiger partial charge in [-0.15, -0.1) is 0 Å². The van der Waals surface area contributed by atoms with Crippen LogP contribution in [0.1, 0.15) is 37.8 Å². The highest BCUT2D eigenvalue weighted by Crippen LogP contribution is 2.11. The maximum atomic E-state index is 11.9. The fourth-order valence-corrected chi connectivity index (χ4v) is 1.79. The third-order valence-corrected chi connectivity index (χ3v) is 2.96. The lowest BCUT2D eigenvalue weighted by Crippen LogP contribution is -2.41. The summed E-state index contributed by atoms with van der Waals surface area (Å²) in [5.41, 5.74) is 12.3. The molecule has 0 saturated heterocycles. The normalized spacial score (nSPS) is 13.9. The Kier molecular flexibility index (Phi) is 6.39. The van der Waals surface area contributed by atoms with Crippen LogP contribution in [0.5, 0.6) is 0 Å². The van der Waals surface area contributed by atoms with Gasteiger partial charge < -0.3 is 16.8 Å². The quantitative estimate of drug-likeness (QED) is 0.637. The van der Waals surface area contributed by atoms with Crippen molar-refractivity contribution in [3.05, 3.63) is 35.9 Å². The van der Waals surface area contributed by atoms with Crippen LogP contribution in [0.4, 0.5) is 0 Å². The highest BCUT2D eigenvalue weighted by molar-refractivity contribution is 5.81. The van der Waals surface area contributed by atoms with Gasteiger partial charge in [-0.3, -0.25) is 4.79 Å². The van der Waals surface area contributed by atoms with Crippen molar-refractivity contribution in [2.24, 2.45) is 11.5 Å². The van der Waals surface area contributed by atoms with Crippen LogP contribution in [-0.4, -0.2) is 18.5 Å². The van der Waals surface area contributed by atoms with Gasteiger partial charge in [-0.25, -0.2) is 0 Å². The van der Waals surface area contributed by atoms with Crippen molar-refractivity contribution in [3.63, 3.8) is 0 Å². The molecular formula is C14H23N3O. The van der Waals surface area contributed by atoms with Gasteiger partial charge in [0.25, 0.3) is 0 Å². The van der Waals surface area contributed by atoms with Crippen molar-refractivity contribution < 1.29 is 4.79 Å². The van der Waals surface area contributed by atoms with Crippen LogP contribution in [0.25, 0.3) is 0 Å². The van der Waals surface area contributed by atoms with Crippen molar-refractivity contribution in [1.82, 2.24) is 5.32 Å². The Hall–Kier alpha value is -1.39. The second-order valence-corrected chi connectivity index (χ2v) is 4.53. The summed E-state index contributed by atoms with van der Waals surface area (Å²) in [6, 6.07) is 9.40. The van der Waals surface area contributed by atoms with E-state index in [1.165, 1.54) is 0 Å². The van der Waals surface area contributed by atoms with E-state index in [2.05, 4.69) is 5.32 Å². The molecule has 0 aromatic heterocycles. The fourth-order valence-electron chi connectivity index (χ4n) is 1.79. The van der Waals surface area contributed by atoms with Crippen LogP contribution in [0.3, 0.4) is 0 Å². The predicted octanol–water partition coefficient (Wildman–Crippen LogP) is 1.32. The standard InChI is InChI=1S/C14H23N3O/c1-11(12-7-3-2-4-8-12)17-14(18)13(16)9-5-6-10-15/h2-4,7-8,11,13H,5-6,9-10,15-16H2,1H3,(H,17,18)/t11?,13-/m0/s1. The number of amides is 1. The van der Waals surface area contributed by atoms with Crippen molar-refractivity contribution in [3.8, 4) is 0 Å². The predicted molar refractivity (Wildman–Crippen MR) is 73.9 cm³/mol. The van der Waals surface area contributed by atoms with Gasteiger partial charge in [0.15, 0.2) is 0 Å². The molecule has 0 aliphatic heterocycles. The first kappa shape index (κ1) is 14.7. The molecule has 0 aliphatic carbocycles. The van der Waals surface area contributed by atoms with Gasteiger partial charge in [-0.05, 0) is 31.9 Å². The second-order valence-electron chi connectivity index (χ2n) is 4.53. The molecule has 4 heteroatoms. The van der Waals surface area contributed by atoms with Crippen LogP contribution >= 0.6 is 0 Å². The molecule has 0 fully saturated rings. The molecule has 1 aromatic carbocycles. The van der Waals surface area contributed by atoms with Crippen molar-refractivity contribution in [2.75, 3.05) is 6.54 Å². The largest absolute Gasteiger partial charge is 0.348 e. The maximum Gasteiger partial charge on any atom is 0.237 e. The lowest BCUT2D eigenvalue weighted by Gasteiger charge is -2.17. The van der Waals surface area contributed by atoms with E-state index >= 15 is 0 Å². The van der Waals surface area contributed by atoms with Crippen LogP contribution in [0.2, 0.25) is 0 Å². The number of nitrogens with two attached hydrogens (primary N) is 2. The van der Waals surface area contributed by atoms with Gasteiger partial charge in [-0.1, -0.05) is 36.8 Å². The monoisotopic (exact) mass is 249 g/mol. The molecule has 2 atom stereocenters. The highest BCUT2D eigenvalue weighted by Gasteiger charge is 2.15. The molecule has 100 valence electrons. The molecular weight excluding hydrogens is 226 g/mol. The minimum Gasteiger partial charge on any atom is -0.348 e. The van der Waals surface area contributed by atoms with Gasteiger partial charge in [0.05, 0.1) is 12.1 Å². The number of hydrogen-bond acceptors (Lipinski definition) is 3. The Balaban J connectivity index is 2.39. The summed E-state index contributed by atoms with van der Waals surface area (Å²) >= 11 is 0. The maximum absolute atomic E-state index is 11.9. The van der Waals surface area contributed by atoms with Crippen LogP contribution in [-0.2, 0) is 4.79 Å². The molecule has 1 rings (SSSR count). The van der Waals surface area contributed by atoms with Crippen LogP contribution in [0, 0.1) is 0 Å². The first-order valence-electron chi connectivity index (χ1n) is 6.46.